The van der Waals surface area contributed by atoms with Gasteiger partial charge in [0.25, 0.3) is 0 Å². The molecule has 3 heterocycles. The van der Waals surface area contributed by atoms with Gasteiger partial charge >= 0.3 is 0 Å². The van der Waals surface area contributed by atoms with Gasteiger partial charge in [-0.3, -0.25) is 4.57 Å². The summed E-state index contributed by atoms with van der Waals surface area (Å²) in [5.74, 6) is 0.835. The van der Waals surface area contributed by atoms with Gasteiger partial charge in [0.15, 0.2) is 28.1 Å². The van der Waals surface area contributed by atoms with E-state index in [2.05, 4.69) is 20.3 Å². The number of nitrogens with one attached hydrogen (secondary N) is 2. The van der Waals surface area contributed by atoms with Crippen LogP contribution in [0, 0.1) is 4.77 Å². The van der Waals surface area contributed by atoms with E-state index < -0.39 is 31.1 Å². The summed E-state index contributed by atoms with van der Waals surface area (Å²) >= 11 is 5.21. The van der Waals surface area contributed by atoms with Crippen LogP contribution < -0.4 is 10.1 Å². The van der Waals surface area contributed by atoms with Gasteiger partial charge in [0, 0.05) is 12.1 Å². The lowest BCUT2D eigenvalue weighted by Crippen LogP contribution is -2.33. The standard InChI is InChI=1S/C18H21N5O6S/c1-28-9-4-2-3-8(12(9)25)5-19-15-11-16(22-18(30)21-15)23(7-20-11)17-14(27)13(26)10(6-24)29-17/h2-4,7,10,13-14,17,24-27H,5-6H2,1H3,(H2,19,21,22,30)/t10-,13-,14-,17?/m1/s1. The number of H-pyrrole nitrogens is 1. The third kappa shape index (κ3) is 3.48. The molecule has 1 aromatic carbocycles. The number of phenols is 1. The van der Waals surface area contributed by atoms with Crippen LogP contribution in [0.25, 0.3) is 11.2 Å². The molecule has 0 aliphatic carbocycles. The predicted molar refractivity (Wildman–Crippen MR) is 108 cm³/mol. The maximum Gasteiger partial charge on any atom is 0.200 e. The van der Waals surface area contributed by atoms with Gasteiger partial charge in [-0.05, 0) is 18.3 Å². The Morgan fingerprint density at radius 3 is 2.83 bits per heavy atom. The molecule has 0 bridgehead atoms. The zero-order valence-electron chi connectivity index (χ0n) is 15.9. The molecule has 1 aliphatic rings. The van der Waals surface area contributed by atoms with E-state index >= 15 is 0 Å². The molecule has 30 heavy (non-hydrogen) atoms. The number of aromatic amines is 1. The Bertz CT molecular complexity index is 1120. The Morgan fingerprint density at radius 2 is 2.13 bits per heavy atom. The van der Waals surface area contributed by atoms with Crippen molar-refractivity contribution < 1.29 is 29.9 Å². The third-order valence-corrected chi connectivity index (χ3v) is 5.19. The minimum Gasteiger partial charge on any atom is -0.504 e. The van der Waals surface area contributed by atoms with E-state index in [-0.39, 0.29) is 17.1 Å². The zero-order valence-corrected chi connectivity index (χ0v) is 16.7. The average molecular weight is 435 g/mol. The van der Waals surface area contributed by atoms with Gasteiger partial charge in [0.2, 0.25) is 0 Å². The highest BCUT2D eigenvalue weighted by Crippen LogP contribution is 2.33. The van der Waals surface area contributed by atoms with Crippen LogP contribution in [0.1, 0.15) is 11.8 Å². The molecule has 0 radical (unpaired) electrons. The number of hydrogen-bond acceptors (Lipinski definition) is 10. The van der Waals surface area contributed by atoms with Crippen molar-refractivity contribution in [1.82, 2.24) is 19.5 Å². The van der Waals surface area contributed by atoms with Crippen molar-refractivity contribution in [3.05, 3.63) is 34.9 Å². The fraction of sp³-hybridized carbons (Fsp3) is 0.389. The lowest BCUT2D eigenvalue weighted by atomic mass is 10.1. The number of anilines is 1. The molecule has 4 atom stereocenters. The number of aliphatic hydroxyl groups excluding tert-OH is 3. The molecular weight excluding hydrogens is 414 g/mol. The number of ether oxygens (including phenoxy) is 2. The van der Waals surface area contributed by atoms with Gasteiger partial charge in [-0.25, -0.2) is 4.98 Å². The number of aliphatic hydroxyl groups is 3. The van der Waals surface area contributed by atoms with Crippen LogP contribution in [0.15, 0.2) is 24.5 Å². The van der Waals surface area contributed by atoms with Crippen LogP contribution in [-0.4, -0.2) is 72.0 Å². The van der Waals surface area contributed by atoms with Crippen LogP contribution in [0.2, 0.25) is 0 Å². The topological polar surface area (TPSA) is 158 Å². The second kappa shape index (κ2) is 8.16. The minimum absolute atomic E-state index is 0.0217. The summed E-state index contributed by atoms with van der Waals surface area (Å²) in [6.07, 6.45) is -3.01. The Kier molecular flexibility index (Phi) is 5.58. The molecule has 12 heteroatoms. The molecule has 0 amide bonds. The summed E-state index contributed by atoms with van der Waals surface area (Å²) < 4.78 is 12.3. The molecule has 6 N–H and O–H groups in total. The van der Waals surface area contributed by atoms with Crippen LogP contribution >= 0.6 is 12.2 Å². The van der Waals surface area contributed by atoms with E-state index in [1.165, 1.54) is 18.0 Å². The number of aromatic hydroxyl groups is 1. The van der Waals surface area contributed by atoms with Crippen molar-refractivity contribution in [2.45, 2.75) is 31.1 Å². The largest absolute Gasteiger partial charge is 0.504 e. The average Bonchev–Trinajstić information content (AvgIpc) is 3.28. The fourth-order valence-corrected chi connectivity index (χ4v) is 3.60. The van der Waals surface area contributed by atoms with Crippen molar-refractivity contribution in [3.63, 3.8) is 0 Å². The van der Waals surface area contributed by atoms with Crippen molar-refractivity contribution in [1.29, 1.82) is 0 Å². The molecule has 1 unspecified atom stereocenters. The molecule has 1 aliphatic heterocycles. The monoisotopic (exact) mass is 435 g/mol. The summed E-state index contributed by atoms with van der Waals surface area (Å²) in [6.45, 7) is -0.195. The van der Waals surface area contributed by atoms with Gasteiger partial charge in [-0.1, -0.05) is 12.1 Å². The first-order chi connectivity index (χ1) is 14.4. The lowest BCUT2D eigenvalue weighted by Gasteiger charge is -2.16. The van der Waals surface area contributed by atoms with Crippen LogP contribution in [-0.2, 0) is 11.3 Å². The SMILES string of the molecule is COc1cccc(CNc2[nH]c(=S)nc3c2ncn3C2O[C@H](CO)[C@@H](O)[C@H]2O)c1O. The Hall–Kier alpha value is -2.77. The number of nitrogens with zero attached hydrogens (tertiary/aromatic N) is 3. The van der Waals surface area contributed by atoms with Crippen molar-refractivity contribution in [2.24, 2.45) is 0 Å². The Balaban J connectivity index is 1.66. The number of hydrogen-bond donors (Lipinski definition) is 6. The molecule has 3 aromatic rings. The molecule has 0 saturated carbocycles. The number of aromatic nitrogens is 4. The maximum absolute atomic E-state index is 10.3. The normalized spacial score (nSPS) is 23.7. The van der Waals surface area contributed by atoms with E-state index in [9.17, 15) is 20.4 Å². The fourth-order valence-electron chi connectivity index (χ4n) is 3.41. The Labute approximate surface area is 175 Å². The van der Waals surface area contributed by atoms with Gasteiger partial charge in [-0.2, -0.15) is 4.98 Å². The first-order valence-corrected chi connectivity index (χ1v) is 9.53. The summed E-state index contributed by atoms with van der Waals surface area (Å²) in [7, 11) is 1.47. The number of phenolic OH excluding ortho intramolecular Hbond substituents is 1. The van der Waals surface area contributed by atoms with Crippen molar-refractivity contribution in [2.75, 3.05) is 19.0 Å². The summed E-state index contributed by atoms with van der Waals surface area (Å²) in [5, 5.41) is 43.0. The number of rotatable bonds is 6. The molecule has 1 fully saturated rings. The molecule has 11 nitrogen and oxygen atoms in total. The van der Waals surface area contributed by atoms with E-state index in [1.807, 2.05) is 0 Å². The molecule has 2 aromatic heterocycles. The molecule has 1 saturated heterocycles. The number of benzene rings is 1. The predicted octanol–water partition coefficient (Wildman–Crippen LogP) is 0.427. The molecule has 4 rings (SSSR count). The third-order valence-electron chi connectivity index (χ3n) is 4.99. The van der Waals surface area contributed by atoms with Gasteiger partial charge < -0.3 is 40.2 Å². The van der Waals surface area contributed by atoms with Crippen LogP contribution in [0.4, 0.5) is 5.82 Å². The summed E-state index contributed by atoms with van der Waals surface area (Å²) in [4.78, 5) is 11.5. The molecular formula is C18H21N5O6S. The number of imidazole rings is 1. The summed E-state index contributed by atoms with van der Waals surface area (Å²) in [6, 6.07) is 5.16. The summed E-state index contributed by atoms with van der Waals surface area (Å²) in [5.41, 5.74) is 1.34. The molecule has 160 valence electrons. The van der Waals surface area contributed by atoms with Gasteiger partial charge in [0.1, 0.15) is 29.6 Å². The first-order valence-electron chi connectivity index (χ1n) is 9.12. The second-order valence-electron chi connectivity index (χ2n) is 6.79. The number of fused-ring (bicyclic) bond motifs is 1. The minimum atomic E-state index is -1.27. The Morgan fingerprint density at radius 1 is 1.33 bits per heavy atom. The smallest absolute Gasteiger partial charge is 0.200 e. The van der Waals surface area contributed by atoms with Crippen molar-refractivity contribution >= 4 is 29.2 Å². The van der Waals surface area contributed by atoms with Gasteiger partial charge in [0.05, 0.1) is 20.0 Å². The van der Waals surface area contributed by atoms with Crippen LogP contribution in [0.5, 0.6) is 11.5 Å². The number of methoxy groups -OCH3 is 1. The van der Waals surface area contributed by atoms with Crippen LogP contribution in [0.3, 0.4) is 0 Å². The highest BCUT2D eigenvalue weighted by molar-refractivity contribution is 7.71. The lowest BCUT2D eigenvalue weighted by molar-refractivity contribution is -0.0511. The second-order valence-corrected chi connectivity index (χ2v) is 7.18. The van der Waals surface area contributed by atoms with E-state index in [1.54, 1.807) is 18.2 Å². The highest BCUT2D eigenvalue weighted by Gasteiger charge is 2.44. The first kappa shape index (κ1) is 20.5. The number of para-hydroxylation sites is 1. The highest BCUT2D eigenvalue weighted by atomic mass is 32.1. The zero-order chi connectivity index (χ0) is 21.4. The van der Waals surface area contributed by atoms with E-state index in [0.29, 0.717) is 28.3 Å². The van der Waals surface area contributed by atoms with Crippen molar-refractivity contribution in [3.8, 4) is 11.5 Å². The van der Waals surface area contributed by atoms with E-state index in [0.717, 1.165) is 0 Å². The maximum atomic E-state index is 10.3. The van der Waals surface area contributed by atoms with Gasteiger partial charge in [-0.15, -0.1) is 0 Å². The molecule has 0 spiro atoms. The van der Waals surface area contributed by atoms with E-state index in [4.69, 9.17) is 21.7 Å². The quantitative estimate of drug-likeness (QED) is 0.300.